The van der Waals surface area contributed by atoms with Crippen LogP contribution in [0, 0.1) is 0 Å². The van der Waals surface area contributed by atoms with Gasteiger partial charge in [-0.15, -0.1) is 0 Å². The Morgan fingerprint density at radius 2 is 1.49 bits per heavy atom. The molecule has 43 heavy (non-hydrogen) atoms. The number of amides is 4. The van der Waals surface area contributed by atoms with Crippen molar-refractivity contribution in [1.82, 2.24) is 15.5 Å². The van der Waals surface area contributed by atoms with Gasteiger partial charge in [0.15, 0.2) is 0 Å². The number of hydrogen-bond acceptors (Lipinski definition) is 6. The SMILES string of the molecule is C[C@H](c1ccccc1)[C@H](NC(=O)[C@H](Cc1ccccc1)NC(=O)[C@@H]1CCCN1C(=O)[C@@H](N)Cc1ccc(O)cc1)C(N)=O. The third kappa shape index (κ3) is 8.20. The molecule has 5 atom stereocenters. The Labute approximate surface area is 251 Å². The Hall–Kier alpha value is -4.70. The Morgan fingerprint density at radius 3 is 2.12 bits per heavy atom. The summed E-state index contributed by atoms with van der Waals surface area (Å²) in [5.74, 6) is -2.36. The first-order chi connectivity index (χ1) is 20.6. The van der Waals surface area contributed by atoms with E-state index in [9.17, 15) is 24.3 Å². The molecule has 3 aromatic carbocycles. The molecule has 4 rings (SSSR count). The highest BCUT2D eigenvalue weighted by molar-refractivity contribution is 5.95. The second-order valence-corrected chi connectivity index (χ2v) is 11.0. The minimum absolute atomic E-state index is 0.116. The summed E-state index contributed by atoms with van der Waals surface area (Å²) in [6.07, 6.45) is 1.46. The van der Waals surface area contributed by atoms with Crippen molar-refractivity contribution in [2.24, 2.45) is 11.5 Å². The maximum absolute atomic E-state index is 13.6. The molecule has 1 aliphatic rings. The fraction of sp³-hybridized carbons (Fsp3) is 0.333. The molecule has 0 saturated carbocycles. The van der Waals surface area contributed by atoms with Crippen LogP contribution in [0.3, 0.4) is 0 Å². The molecule has 0 aromatic heterocycles. The Balaban J connectivity index is 1.49. The van der Waals surface area contributed by atoms with E-state index in [1.807, 2.05) is 60.7 Å². The van der Waals surface area contributed by atoms with Gasteiger partial charge in [0.25, 0.3) is 0 Å². The zero-order valence-corrected chi connectivity index (χ0v) is 24.2. The molecule has 4 amide bonds. The van der Waals surface area contributed by atoms with E-state index < -0.39 is 47.8 Å². The Morgan fingerprint density at radius 1 is 0.884 bits per heavy atom. The van der Waals surface area contributed by atoms with E-state index in [2.05, 4.69) is 10.6 Å². The quantitative estimate of drug-likeness (QED) is 0.217. The van der Waals surface area contributed by atoms with E-state index >= 15 is 0 Å². The highest BCUT2D eigenvalue weighted by Crippen LogP contribution is 2.22. The number of nitrogens with zero attached hydrogens (tertiary/aromatic N) is 1. The van der Waals surface area contributed by atoms with Crippen LogP contribution in [0.1, 0.15) is 42.4 Å². The van der Waals surface area contributed by atoms with Gasteiger partial charge in [0, 0.05) is 18.9 Å². The Kier molecular flexibility index (Phi) is 10.5. The van der Waals surface area contributed by atoms with Gasteiger partial charge in [0.1, 0.15) is 23.9 Å². The lowest BCUT2D eigenvalue weighted by Gasteiger charge is -2.29. The zero-order valence-electron chi connectivity index (χ0n) is 24.2. The van der Waals surface area contributed by atoms with Gasteiger partial charge in [-0.2, -0.15) is 0 Å². The third-order valence-corrected chi connectivity index (χ3v) is 7.89. The lowest BCUT2D eigenvalue weighted by molar-refractivity contribution is -0.140. The van der Waals surface area contributed by atoms with Crippen molar-refractivity contribution in [3.63, 3.8) is 0 Å². The van der Waals surface area contributed by atoms with E-state index in [1.165, 1.54) is 17.0 Å². The van der Waals surface area contributed by atoms with Crippen LogP contribution >= 0.6 is 0 Å². The summed E-state index contributed by atoms with van der Waals surface area (Å²) in [5, 5.41) is 15.1. The van der Waals surface area contributed by atoms with E-state index in [1.54, 1.807) is 19.1 Å². The van der Waals surface area contributed by atoms with Gasteiger partial charge in [0.2, 0.25) is 23.6 Å². The maximum Gasteiger partial charge on any atom is 0.243 e. The minimum atomic E-state index is -1.03. The summed E-state index contributed by atoms with van der Waals surface area (Å²) in [6, 6.07) is 21.2. The van der Waals surface area contributed by atoms with Crippen molar-refractivity contribution in [3.05, 3.63) is 102 Å². The van der Waals surface area contributed by atoms with Crippen LogP contribution in [0.2, 0.25) is 0 Å². The number of nitrogens with two attached hydrogens (primary N) is 2. The van der Waals surface area contributed by atoms with Gasteiger partial charge >= 0.3 is 0 Å². The van der Waals surface area contributed by atoms with Gasteiger partial charge in [-0.05, 0) is 48.1 Å². The number of phenols is 1. The smallest absolute Gasteiger partial charge is 0.243 e. The average molecular weight is 586 g/mol. The first-order valence-electron chi connectivity index (χ1n) is 14.5. The molecular formula is C33H39N5O5. The molecule has 0 bridgehead atoms. The van der Waals surface area contributed by atoms with E-state index in [-0.39, 0.29) is 24.5 Å². The molecule has 10 heteroatoms. The highest BCUT2D eigenvalue weighted by Gasteiger charge is 2.38. The number of aromatic hydroxyl groups is 1. The van der Waals surface area contributed by atoms with Crippen LogP contribution in [0.5, 0.6) is 5.75 Å². The average Bonchev–Trinajstić information content (AvgIpc) is 3.51. The summed E-state index contributed by atoms with van der Waals surface area (Å²) >= 11 is 0. The van der Waals surface area contributed by atoms with Crippen LogP contribution in [-0.4, -0.2) is 64.3 Å². The number of rotatable bonds is 12. The molecule has 0 radical (unpaired) electrons. The third-order valence-electron chi connectivity index (χ3n) is 7.89. The fourth-order valence-corrected chi connectivity index (χ4v) is 5.46. The molecule has 0 spiro atoms. The number of carbonyl (C=O) groups is 4. The second kappa shape index (κ2) is 14.5. The molecule has 3 aromatic rings. The Bertz CT molecular complexity index is 1400. The number of hydrogen-bond donors (Lipinski definition) is 5. The molecule has 0 unspecified atom stereocenters. The summed E-state index contributed by atoms with van der Waals surface area (Å²) in [6.45, 7) is 2.17. The molecule has 1 aliphatic heterocycles. The lowest BCUT2D eigenvalue weighted by Crippen LogP contribution is -2.58. The van der Waals surface area contributed by atoms with Crippen LogP contribution in [0.15, 0.2) is 84.9 Å². The zero-order chi connectivity index (χ0) is 30.9. The predicted octanol–water partition coefficient (Wildman–Crippen LogP) is 1.75. The van der Waals surface area contributed by atoms with Crippen LogP contribution in [0.4, 0.5) is 0 Å². The molecule has 0 aliphatic carbocycles. The monoisotopic (exact) mass is 585 g/mol. The highest BCUT2D eigenvalue weighted by atomic mass is 16.3. The van der Waals surface area contributed by atoms with Crippen molar-refractivity contribution in [1.29, 1.82) is 0 Å². The number of benzene rings is 3. The lowest BCUT2D eigenvalue weighted by atomic mass is 9.92. The van der Waals surface area contributed by atoms with Gasteiger partial charge < -0.3 is 32.1 Å². The first kappa shape index (κ1) is 31.2. The standard InChI is InChI=1S/C33H39N5O5/c1-21(24-11-6-3-7-12-24)29(30(35)40)37-31(41)27(20-22-9-4-2-5-10-22)36-32(42)28-13-8-18-38(28)33(43)26(34)19-23-14-16-25(39)17-15-23/h2-7,9-12,14-17,21,26-29,39H,8,13,18-20,34H2,1H3,(H2,35,40)(H,36,42)(H,37,41)/t21-,26+,27+,28+,29+/m1/s1. The minimum Gasteiger partial charge on any atom is -0.508 e. The van der Waals surface area contributed by atoms with Crippen LogP contribution < -0.4 is 22.1 Å². The second-order valence-electron chi connectivity index (χ2n) is 11.0. The summed E-state index contributed by atoms with van der Waals surface area (Å²) in [4.78, 5) is 54.5. The van der Waals surface area contributed by atoms with Gasteiger partial charge in [-0.25, -0.2) is 0 Å². The molecular weight excluding hydrogens is 546 g/mol. The van der Waals surface area contributed by atoms with E-state index in [0.717, 1.165) is 16.7 Å². The fourth-order valence-electron chi connectivity index (χ4n) is 5.46. The number of primary amides is 1. The number of carbonyl (C=O) groups excluding carboxylic acids is 4. The van der Waals surface area contributed by atoms with E-state index in [4.69, 9.17) is 11.5 Å². The predicted molar refractivity (Wildman–Crippen MR) is 163 cm³/mol. The number of likely N-dealkylation sites (tertiary alicyclic amines) is 1. The maximum atomic E-state index is 13.6. The van der Waals surface area contributed by atoms with Crippen molar-refractivity contribution < 1.29 is 24.3 Å². The normalized spacial score (nSPS) is 17.3. The largest absolute Gasteiger partial charge is 0.508 e. The number of nitrogens with one attached hydrogen (secondary N) is 2. The van der Waals surface area contributed by atoms with Gasteiger partial charge in [0.05, 0.1) is 6.04 Å². The molecule has 1 saturated heterocycles. The molecule has 1 fully saturated rings. The molecule has 10 nitrogen and oxygen atoms in total. The van der Waals surface area contributed by atoms with Crippen LogP contribution in [-0.2, 0) is 32.0 Å². The summed E-state index contributed by atoms with van der Waals surface area (Å²) in [7, 11) is 0. The van der Waals surface area contributed by atoms with Crippen molar-refractivity contribution in [2.45, 2.75) is 62.7 Å². The van der Waals surface area contributed by atoms with Crippen molar-refractivity contribution in [2.75, 3.05) is 6.54 Å². The summed E-state index contributed by atoms with van der Waals surface area (Å²) in [5.41, 5.74) is 14.4. The van der Waals surface area contributed by atoms with Gasteiger partial charge in [-0.1, -0.05) is 79.7 Å². The van der Waals surface area contributed by atoms with E-state index in [0.29, 0.717) is 19.4 Å². The molecule has 7 N–H and O–H groups in total. The summed E-state index contributed by atoms with van der Waals surface area (Å²) < 4.78 is 0. The van der Waals surface area contributed by atoms with Crippen molar-refractivity contribution in [3.8, 4) is 5.75 Å². The first-order valence-corrected chi connectivity index (χ1v) is 14.5. The molecule has 226 valence electrons. The van der Waals surface area contributed by atoms with Crippen LogP contribution in [0.25, 0.3) is 0 Å². The topological polar surface area (TPSA) is 168 Å². The number of phenolic OH excluding ortho intramolecular Hbond substituents is 1. The molecule has 1 heterocycles. The van der Waals surface area contributed by atoms with Crippen molar-refractivity contribution >= 4 is 23.6 Å². The van der Waals surface area contributed by atoms with Gasteiger partial charge in [-0.3, -0.25) is 19.2 Å².